The van der Waals surface area contributed by atoms with Crippen molar-refractivity contribution in [3.05, 3.63) is 89.7 Å². The van der Waals surface area contributed by atoms with Gasteiger partial charge in [-0.1, -0.05) is 42.0 Å². The number of hydrogen-bond donors (Lipinski definition) is 1. The zero-order valence-corrected chi connectivity index (χ0v) is 15.0. The molecular weight excluding hydrogens is 336 g/mol. The molecule has 0 saturated heterocycles. The Labute approximate surface area is 158 Å². The van der Waals surface area contributed by atoms with Crippen LogP contribution in [0.15, 0.2) is 78.2 Å². The van der Waals surface area contributed by atoms with E-state index >= 15 is 0 Å². The van der Waals surface area contributed by atoms with E-state index in [0.29, 0.717) is 6.42 Å². The zero-order chi connectivity index (χ0) is 18.6. The van der Waals surface area contributed by atoms with Gasteiger partial charge in [-0.25, -0.2) is 5.01 Å². The SMILES string of the molecule is Cc1ccc(C2CC(c3cccc(Nc4ccncc4)c3)=NN2C=O)cc1. The van der Waals surface area contributed by atoms with Crippen molar-refractivity contribution >= 4 is 23.5 Å². The van der Waals surface area contributed by atoms with Crippen molar-refractivity contribution < 1.29 is 4.79 Å². The summed E-state index contributed by atoms with van der Waals surface area (Å²) in [6.07, 6.45) is 5.00. The Morgan fingerprint density at radius 3 is 2.56 bits per heavy atom. The average Bonchev–Trinajstić information content (AvgIpc) is 3.14. The number of aryl methyl sites for hydroxylation is 1. The largest absolute Gasteiger partial charge is 0.355 e. The molecule has 5 nitrogen and oxygen atoms in total. The average molecular weight is 356 g/mol. The third-order valence-corrected chi connectivity index (χ3v) is 4.68. The van der Waals surface area contributed by atoms with E-state index in [1.54, 1.807) is 12.4 Å². The first-order valence-electron chi connectivity index (χ1n) is 8.88. The summed E-state index contributed by atoms with van der Waals surface area (Å²) in [7, 11) is 0. The summed E-state index contributed by atoms with van der Waals surface area (Å²) in [6, 6.07) is 20.1. The van der Waals surface area contributed by atoms with Crippen molar-refractivity contribution in [1.82, 2.24) is 9.99 Å². The molecule has 0 radical (unpaired) electrons. The second kappa shape index (κ2) is 7.41. The fraction of sp³-hybridized carbons (Fsp3) is 0.136. The fourth-order valence-electron chi connectivity index (χ4n) is 3.24. The number of aromatic nitrogens is 1. The van der Waals surface area contributed by atoms with E-state index in [2.05, 4.69) is 52.7 Å². The van der Waals surface area contributed by atoms with Crippen LogP contribution in [0, 0.1) is 6.92 Å². The van der Waals surface area contributed by atoms with Gasteiger partial charge in [0.25, 0.3) is 0 Å². The minimum Gasteiger partial charge on any atom is -0.355 e. The van der Waals surface area contributed by atoms with Crippen LogP contribution >= 0.6 is 0 Å². The summed E-state index contributed by atoms with van der Waals surface area (Å²) in [5, 5.41) is 9.43. The summed E-state index contributed by atoms with van der Waals surface area (Å²) in [5.41, 5.74) is 6.16. The molecule has 0 spiro atoms. The maximum atomic E-state index is 11.5. The van der Waals surface area contributed by atoms with Gasteiger partial charge in [-0.3, -0.25) is 9.78 Å². The second-order valence-electron chi connectivity index (χ2n) is 6.60. The highest BCUT2D eigenvalue weighted by molar-refractivity contribution is 6.03. The quantitative estimate of drug-likeness (QED) is 0.688. The van der Waals surface area contributed by atoms with Crippen molar-refractivity contribution in [3.63, 3.8) is 0 Å². The van der Waals surface area contributed by atoms with E-state index in [0.717, 1.165) is 34.6 Å². The van der Waals surface area contributed by atoms with Gasteiger partial charge in [-0.05, 0) is 42.3 Å². The molecule has 0 bridgehead atoms. The number of pyridine rings is 1. The zero-order valence-electron chi connectivity index (χ0n) is 15.0. The van der Waals surface area contributed by atoms with Gasteiger partial charge in [-0.15, -0.1) is 0 Å². The van der Waals surface area contributed by atoms with Crippen LogP contribution in [0.25, 0.3) is 0 Å². The number of carbonyl (C=O) groups excluding carboxylic acids is 1. The number of hydrazone groups is 1. The number of amides is 1. The Bertz CT molecular complexity index is 967. The van der Waals surface area contributed by atoms with E-state index in [1.807, 2.05) is 30.3 Å². The molecule has 0 saturated carbocycles. The van der Waals surface area contributed by atoms with Gasteiger partial charge in [0.15, 0.2) is 0 Å². The van der Waals surface area contributed by atoms with Gasteiger partial charge < -0.3 is 5.32 Å². The van der Waals surface area contributed by atoms with Crippen LogP contribution in [0.5, 0.6) is 0 Å². The number of nitrogens with one attached hydrogen (secondary N) is 1. The van der Waals surface area contributed by atoms with Crippen molar-refractivity contribution in [1.29, 1.82) is 0 Å². The number of rotatable bonds is 5. The van der Waals surface area contributed by atoms with Gasteiger partial charge in [0.2, 0.25) is 6.41 Å². The predicted octanol–water partition coefficient (Wildman–Crippen LogP) is 4.44. The van der Waals surface area contributed by atoms with Crippen LogP contribution in [0.2, 0.25) is 0 Å². The summed E-state index contributed by atoms with van der Waals surface area (Å²) >= 11 is 0. The van der Waals surface area contributed by atoms with Crippen molar-refractivity contribution in [2.75, 3.05) is 5.32 Å². The summed E-state index contributed by atoms with van der Waals surface area (Å²) in [6.45, 7) is 2.05. The fourth-order valence-corrected chi connectivity index (χ4v) is 3.24. The summed E-state index contributed by atoms with van der Waals surface area (Å²) in [4.78, 5) is 15.6. The minimum absolute atomic E-state index is 0.0603. The van der Waals surface area contributed by atoms with Gasteiger partial charge >= 0.3 is 0 Å². The Balaban J connectivity index is 1.57. The first kappa shape index (κ1) is 17.0. The molecule has 2 aromatic carbocycles. The van der Waals surface area contributed by atoms with Crippen LogP contribution < -0.4 is 5.32 Å². The van der Waals surface area contributed by atoms with Crippen LogP contribution in [0.3, 0.4) is 0 Å². The molecule has 1 atom stereocenters. The van der Waals surface area contributed by atoms with Gasteiger partial charge in [0.05, 0.1) is 11.8 Å². The molecule has 2 heterocycles. The Morgan fingerprint density at radius 2 is 1.81 bits per heavy atom. The molecule has 4 rings (SSSR count). The highest BCUT2D eigenvalue weighted by Gasteiger charge is 2.28. The van der Waals surface area contributed by atoms with E-state index in [1.165, 1.54) is 10.6 Å². The van der Waals surface area contributed by atoms with Gasteiger partial charge in [-0.2, -0.15) is 5.10 Å². The third kappa shape index (κ3) is 3.72. The molecule has 1 amide bonds. The van der Waals surface area contributed by atoms with Crippen LogP contribution in [0.4, 0.5) is 11.4 Å². The van der Waals surface area contributed by atoms with E-state index in [-0.39, 0.29) is 6.04 Å². The lowest BCUT2D eigenvalue weighted by molar-refractivity contribution is -0.119. The minimum atomic E-state index is -0.0603. The molecule has 1 aliphatic rings. The molecule has 1 N–H and O–H groups in total. The van der Waals surface area contributed by atoms with Crippen LogP contribution in [-0.2, 0) is 4.79 Å². The van der Waals surface area contributed by atoms with Crippen molar-refractivity contribution in [3.8, 4) is 0 Å². The van der Waals surface area contributed by atoms with E-state index in [4.69, 9.17) is 0 Å². The number of hydrogen-bond acceptors (Lipinski definition) is 4. The topological polar surface area (TPSA) is 57.6 Å². The van der Waals surface area contributed by atoms with Crippen LogP contribution in [-0.4, -0.2) is 22.1 Å². The highest BCUT2D eigenvalue weighted by atomic mass is 16.1. The Hall–Kier alpha value is -3.47. The van der Waals surface area contributed by atoms with Crippen molar-refractivity contribution in [2.24, 2.45) is 5.10 Å². The highest BCUT2D eigenvalue weighted by Crippen LogP contribution is 2.32. The lowest BCUT2D eigenvalue weighted by Crippen LogP contribution is -2.17. The normalized spacial score (nSPS) is 16.1. The van der Waals surface area contributed by atoms with E-state index in [9.17, 15) is 4.79 Å². The lowest BCUT2D eigenvalue weighted by atomic mass is 9.97. The number of carbonyl (C=O) groups is 1. The third-order valence-electron chi connectivity index (χ3n) is 4.68. The number of nitrogens with zero attached hydrogens (tertiary/aromatic N) is 3. The molecule has 1 aromatic heterocycles. The molecule has 1 aliphatic heterocycles. The Kier molecular flexibility index (Phi) is 4.66. The summed E-state index contributed by atoms with van der Waals surface area (Å²) < 4.78 is 0. The molecule has 0 fully saturated rings. The maximum absolute atomic E-state index is 11.5. The monoisotopic (exact) mass is 356 g/mol. The molecular formula is C22H20N4O. The Morgan fingerprint density at radius 1 is 1.04 bits per heavy atom. The van der Waals surface area contributed by atoms with E-state index < -0.39 is 0 Å². The summed E-state index contributed by atoms with van der Waals surface area (Å²) in [5.74, 6) is 0. The van der Waals surface area contributed by atoms with Crippen molar-refractivity contribution in [2.45, 2.75) is 19.4 Å². The van der Waals surface area contributed by atoms with Gasteiger partial charge in [0, 0.05) is 30.2 Å². The first-order chi connectivity index (χ1) is 13.2. The smallest absolute Gasteiger partial charge is 0.230 e. The van der Waals surface area contributed by atoms with Gasteiger partial charge in [0.1, 0.15) is 0 Å². The predicted molar refractivity (Wildman–Crippen MR) is 107 cm³/mol. The molecule has 0 aliphatic carbocycles. The molecule has 5 heteroatoms. The van der Waals surface area contributed by atoms with Crippen LogP contribution in [0.1, 0.15) is 29.2 Å². The second-order valence-corrected chi connectivity index (χ2v) is 6.60. The molecule has 27 heavy (non-hydrogen) atoms. The first-order valence-corrected chi connectivity index (χ1v) is 8.88. The molecule has 1 unspecified atom stereocenters. The number of benzene rings is 2. The number of anilines is 2. The lowest BCUT2D eigenvalue weighted by Gasteiger charge is -2.17. The molecule has 3 aromatic rings. The maximum Gasteiger partial charge on any atom is 0.230 e. The standard InChI is InChI=1S/C22H20N4O/c1-16-5-7-17(8-6-16)22-14-21(25-26(22)15-27)18-3-2-4-20(13-18)24-19-9-11-23-12-10-19/h2-13,15,22H,14H2,1H3,(H,23,24). The molecule has 134 valence electrons.